The third-order valence-electron chi connectivity index (χ3n) is 5.62. The molecule has 39 heavy (non-hydrogen) atoms. The zero-order valence-corrected chi connectivity index (χ0v) is 21.8. The summed E-state index contributed by atoms with van der Waals surface area (Å²) in [7, 11) is -2.86. The predicted octanol–water partition coefficient (Wildman–Crippen LogP) is 6.30. The molecule has 0 aliphatic rings. The van der Waals surface area contributed by atoms with Crippen molar-refractivity contribution < 1.29 is 46.0 Å². The summed E-state index contributed by atoms with van der Waals surface area (Å²) in [5, 5.41) is 18.8. The fraction of sp³-hybridized carbons (Fsp3) is 0.259. The molecule has 0 spiro atoms. The Bertz CT molecular complexity index is 1490. The minimum Gasteiger partial charge on any atom is -0.481 e. The average molecular weight is 567 g/mol. The number of hydrogen-bond acceptors (Lipinski definition) is 5. The molecule has 0 aliphatic heterocycles. The molecule has 1 heterocycles. The van der Waals surface area contributed by atoms with E-state index in [-0.39, 0.29) is 28.5 Å². The summed E-state index contributed by atoms with van der Waals surface area (Å²) in [5.41, 5.74) is 1.48. The van der Waals surface area contributed by atoms with Gasteiger partial charge >= 0.3 is 5.97 Å². The number of rotatable bonds is 8. The minimum absolute atomic E-state index is 0.0688. The number of nitrogens with zero attached hydrogens (tertiary/aromatic N) is 1. The highest BCUT2D eigenvalue weighted by molar-refractivity contribution is 7.64. The maximum Gasteiger partial charge on any atom is 0.305 e. The number of aliphatic hydroxyl groups is 1. The zero-order valence-electron chi connectivity index (χ0n) is 20.9. The van der Waals surface area contributed by atoms with E-state index in [1.807, 2.05) is 0 Å². The molecule has 0 saturated carbocycles. The highest BCUT2D eigenvalue weighted by atomic mass is 31.2. The largest absolute Gasteiger partial charge is 0.481 e. The van der Waals surface area contributed by atoms with Crippen LogP contribution >= 0.6 is 7.37 Å². The Morgan fingerprint density at radius 2 is 1.64 bits per heavy atom. The van der Waals surface area contributed by atoms with Gasteiger partial charge in [-0.3, -0.25) is 14.3 Å². The van der Waals surface area contributed by atoms with Crippen molar-refractivity contribution in [3.05, 3.63) is 76.7 Å². The molecule has 0 saturated heterocycles. The second-order valence-electron chi connectivity index (χ2n) is 8.85. The Kier molecular flexibility index (Phi) is 9.28. The molecule has 3 rings (SSSR count). The summed E-state index contributed by atoms with van der Waals surface area (Å²) >= 11 is 0. The van der Waals surface area contributed by atoms with Gasteiger partial charge in [0, 0.05) is 18.7 Å². The zero-order chi connectivity index (χ0) is 29.1. The Hall–Kier alpha value is -3.58. The molecule has 0 aliphatic carbocycles. The van der Waals surface area contributed by atoms with Crippen LogP contribution < -0.4 is 0 Å². The first kappa shape index (κ1) is 30.0. The van der Waals surface area contributed by atoms with Crippen molar-refractivity contribution in [2.45, 2.75) is 32.3 Å². The molecule has 206 valence electrons. The van der Waals surface area contributed by atoms with Crippen molar-refractivity contribution in [2.75, 3.05) is 13.3 Å². The van der Waals surface area contributed by atoms with E-state index >= 15 is 0 Å². The molecule has 1 unspecified atom stereocenters. The predicted molar refractivity (Wildman–Crippen MR) is 134 cm³/mol. The maximum absolute atomic E-state index is 14.7. The van der Waals surface area contributed by atoms with Gasteiger partial charge in [0.1, 0.15) is 5.82 Å². The van der Waals surface area contributed by atoms with Crippen LogP contribution in [-0.4, -0.2) is 40.5 Å². The number of carboxylic acids is 1. The normalized spacial score (nSPS) is 13.5. The Balaban J connectivity index is 2.33. The molecule has 2 N–H and O–H groups in total. The lowest BCUT2D eigenvalue weighted by Crippen LogP contribution is -2.17. The van der Waals surface area contributed by atoms with Gasteiger partial charge in [-0.2, -0.15) is 0 Å². The molecule has 6 nitrogen and oxygen atoms in total. The Morgan fingerprint density at radius 3 is 2.15 bits per heavy atom. The maximum atomic E-state index is 14.7. The topological polar surface area (TPSA) is 96.7 Å². The minimum atomic E-state index is -3.93. The van der Waals surface area contributed by atoms with Crippen LogP contribution in [0.25, 0.3) is 22.4 Å². The van der Waals surface area contributed by atoms with Crippen LogP contribution in [0.1, 0.15) is 37.4 Å². The number of halogens is 5. The molecule has 2 aromatic carbocycles. The molecule has 0 fully saturated rings. The van der Waals surface area contributed by atoms with E-state index in [4.69, 9.17) is 9.63 Å². The van der Waals surface area contributed by atoms with Crippen LogP contribution in [0.4, 0.5) is 22.0 Å². The smallest absolute Gasteiger partial charge is 0.305 e. The van der Waals surface area contributed by atoms with E-state index in [1.54, 1.807) is 13.8 Å². The first-order valence-corrected chi connectivity index (χ1v) is 13.3. The molecular formula is C27H23F5NO5P. The molecule has 3 aromatic rings. The summed E-state index contributed by atoms with van der Waals surface area (Å²) < 4.78 is 89.2. The second kappa shape index (κ2) is 12.1. The van der Waals surface area contributed by atoms with E-state index in [1.165, 1.54) is 12.1 Å². The van der Waals surface area contributed by atoms with Gasteiger partial charge in [-0.1, -0.05) is 31.9 Å². The number of carboxylic acid groups (broad SMARTS) is 1. The fourth-order valence-corrected chi connectivity index (χ4v) is 5.05. The summed E-state index contributed by atoms with van der Waals surface area (Å²) in [5.74, 6) is -6.36. The third-order valence-corrected chi connectivity index (χ3v) is 7.57. The average Bonchev–Trinajstić information content (AvgIpc) is 2.86. The summed E-state index contributed by atoms with van der Waals surface area (Å²) in [6, 6.07) is 6.05. The van der Waals surface area contributed by atoms with Crippen molar-refractivity contribution in [3.63, 3.8) is 0 Å². The third kappa shape index (κ3) is 6.90. The lowest BCUT2D eigenvalue weighted by Gasteiger charge is -2.17. The van der Waals surface area contributed by atoms with Crippen LogP contribution in [0.15, 0.2) is 36.4 Å². The van der Waals surface area contributed by atoms with E-state index in [0.717, 1.165) is 25.3 Å². The van der Waals surface area contributed by atoms with Crippen molar-refractivity contribution in [1.29, 1.82) is 0 Å². The molecule has 2 atom stereocenters. The SMILES string of the molecule is COP(=O)(C#Cc1c(-c2ccc(F)cc2)cc(-c2c(F)c(F)cc(F)c2F)nc1C(C)C)C[C@@H](O)CC(=O)O. The lowest BCUT2D eigenvalue weighted by molar-refractivity contribution is -0.138. The highest BCUT2D eigenvalue weighted by Gasteiger charge is 2.27. The quantitative estimate of drug-likeness (QED) is 0.144. The molecule has 0 amide bonds. The van der Waals surface area contributed by atoms with Crippen LogP contribution in [0.2, 0.25) is 0 Å². The van der Waals surface area contributed by atoms with Gasteiger partial charge < -0.3 is 14.7 Å². The Morgan fingerprint density at radius 1 is 1.05 bits per heavy atom. The lowest BCUT2D eigenvalue weighted by atomic mass is 9.92. The van der Waals surface area contributed by atoms with Crippen LogP contribution in [0.5, 0.6) is 0 Å². The van der Waals surface area contributed by atoms with Crippen molar-refractivity contribution in [2.24, 2.45) is 0 Å². The number of carbonyl (C=O) groups is 1. The summed E-state index contributed by atoms with van der Waals surface area (Å²) in [4.78, 5) is 15.1. The molecular weight excluding hydrogens is 544 g/mol. The first-order chi connectivity index (χ1) is 18.3. The molecule has 0 bridgehead atoms. The van der Waals surface area contributed by atoms with E-state index < -0.39 is 78.3 Å². The monoisotopic (exact) mass is 567 g/mol. The van der Waals surface area contributed by atoms with Gasteiger partial charge in [0.25, 0.3) is 7.37 Å². The second-order valence-corrected chi connectivity index (χ2v) is 11.1. The van der Waals surface area contributed by atoms with Gasteiger partial charge in [-0.05, 0) is 35.3 Å². The van der Waals surface area contributed by atoms with Crippen LogP contribution in [-0.2, 0) is 13.9 Å². The number of benzene rings is 2. The van der Waals surface area contributed by atoms with Crippen molar-refractivity contribution >= 4 is 13.3 Å². The number of aromatic nitrogens is 1. The molecule has 1 aromatic heterocycles. The Labute approximate surface area is 220 Å². The summed E-state index contributed by atoms with van der Waals surface area (Å²) in [6.45, 7) is 3.30. The number of hydrogen-bond donors (Lipinski definition) is 2. The van der Waals surface area contributed by atoms with Gasteiger partial charge in [0.15, 0.2) is 23.3 Å². The highest BCUT2D eigenvalue weighted by Crippen LogP contribution is 2.46. The van der Waals surface area contributed by atoms with Gasteiger partial charge in [0.05, 0.1) is 41.2 Å². The molecule has 0 radical (unpaired) electrons. The van der Waals surface area contributed by atoms with E-state index in [2.05, 4.69) is 16.6 Å². The summed E-state index contributed by atoms with van der Waals surface area (Å²) in [6.07, 6.45) is -2.83. The van der Waals surface area contributed by atoms with E-state index in [0.29, 0.717) is 0 Å². The van der Waals surface area contributed by atoms with Crippen molar-refractivity contribution in [3.8, 4) is 34.0 Å². The number of aliphatic hydroxyl groups excluding tert-OH is 1. The standard InChI is InChI=1S/C27H23F5NO5P/c1-14(2)27-18(8-9-39(37,38-3)13-17(34)10-23(35)36)19(15-4-6-16(28)7-5-15)11-22(33-27)24-25(31)20(29)12-21(30)26(24)32/h4-7,11-12,14,17,34H,10,13H2,1-3H3,(H,35,36)/t17-,39?/m0/s1. The molecule has 12 heteroatoms. The number of pyridine rings is 1. The first-order valence-electron chi connectivity index (χ1n) is 11.5. The fourth-order valence-electron chi connectivity index (χ4n) is 3.75. The van der Waals surface area contributed by atoms with Crippen molar-refractivity contribution in [1.82, 2.24) is 4.98 Å². The van der Waals surface area contributed by atoms with E-state index in [9.17, 15) is 36.4 Å². The van der Waals surface area contributed by atoms with Crippen LogP contribution in [0, 0.1) is 40.7 Å². The van der Waals surface area contributed by atoms with Gasteiger partial charge in [-0.25, -0.2) is 22.0 Å². The number of aliphatic carboxylic acids is 1. The van der Waals surface area contributed by atoms with Gasteiger partial charge in [0.2, 0.25) is 0 Å². The van der Waals surface area contributed by atoms with Gasteiger partial charge in [-0.15, -0.1) is 0 Å². The van der Waals surface area contributed by atoms with Crippen LogP contribution in [0.3, 0.4) is 0 Å².